The van der Waals surface area contributed by atoms with E-state index in [1.807, 2.05) is 94.4 Å². The first-order valence-electron chi connectivity index (χ1n) is 16.1. The summed E-state index contributed by atoms with van der Waals surface area (Å²) in [6, 6.07) is 35.4. The maximum Gasteiger partial charge on any atom is 0.388 e. The highest BCUT2D eigenvalue weighted by Gasteiger charge is 2.10. The normalized spacial score (nSPS) is 10.1. The van der Waals surface area contributed by atoms with Crippen molar-refractivity contribution in [3.63, 3.8) is 0 Å². The van der Waals surface area contributed by atoms with Crippen LogP contribution in [-0.2, 0) is 23.0 Å². The lowest BCUT2D eigenvalue weighted by atomic mass is 10.1. The number of diazo groups is 1. The molecule has 5 aromatic rings. The fourth-order valence-corrected chi connectivity index (χ4v) is 5.72. The summed E-state index contributed by atoms with van der Waals surface area (Å²) < 4.78 is 38.3. The molecular weight excluding hydrogens is 619 g/mol. The van der Waals surface area contributed by atoms with Crippen molar-refractivity contribution in [2.45, 2.75) is 73.1 Å². The van der Waals surface area contributed by atoms with Gasteiger partial charge in [-0.2, -0.15) is 0 Å². The van der Waals surface area contributed by atoms with Gasteiger partial charge in [0.15, 0.2) is 4.98 Å². The second-order valence-electron chi connectivity index (χ2n) is 10.9. The van der Waals surface area contributed by atoms with Gasteiger partial charge in [-0.05, 0) is 111 Å². The van der Waals surface area contributed by atoms with Crippen LogP contribution >= 0.6 is 0 Å². The summed E-state index contributed by atoms with van der Waals surface area (Å²) in [4.78, 5) is 3.11. The molecule has 0 aliphatic carbocycles. The minimum atomic E-state index is -4.33. The third-order valence-corrected chi connectivity index (χ3v) is 8.26. The summed E-state index contributed by atoms with van der Waals surface area (Å²) in [6.45, 7) is 15.3. The van der Waals surface area contributed by atoms with Gasteiger partial charge >= 0.3 is 5.69 Å². The Hall–Kier alpha value is -4.97. The van der Waals surface area contributed by atoms with Crippen LogP contribution in [0.15, 0.2) is 114 Å². The van der Waals surface area contributed by atoms with Crippen LogP contribution in [0.2, 0.25) is 0 Å². The van der Waals surface area contributed by atoms with Crippen LogP contribution < -0.4 is 10.1 Å². The smallest absolute Gasteiger partial charge is 0.388 e. The second kappa shape index (κ2) is 19.6. The van der Waals surface area contributed by atoms with E-state index in [1.165, 1.54) is 11.1 Å². The minimum absolute atomic E-state index is 0.0851. The Kier molecular flexibility index (Phi) is 16.0. The summed E-state index contributed by atoms with van der Waals surface area (Å²) in [5.74, 6) is 1.79. The monoisotopic (exact) mass is 665 g/mol. The summed E-state index contributed by atoms with van der Waals surface area (Å²) in [5, 5.41) is 12.0. The van der Waals surface area contributed by atoms with Gasteiger partial charge in [0.05, 0.1) is 4.90 Å². The van der Waals surface area contributed by atoms with E-state index in [1.54, 1.807) is 32.0 Å². The molecule has 5 rings (SSSR count). The number of hydrogen-bond donors (Lipinski definition) is 1. The quantitative estimate of drug-likeness (QED) is 0.137. The van der Waals surface area contributed by atoms with Crippen molar-refractivity contribution in [1.82, 2.24) is 0 Å². The first kappa shape index (κ1) is 39.2. The van der Waals surface area contributed by atoms with Crippen LogP contribution in [0.1, 0.15) is 61.1 Å². The van der Waals surface area contributed by atoms with Crippen molar-refractivity contribution < 1.29 is 17.7 Å². The first-order valence-corrected chi connectivity index (χ1v) is 17.5. The van der Waals surface area contributed by atoms with E-state index >= 15 is 0 Å². The zero-order valence-electron chi connectivity index (χ0n) is 29.2. The van der Waals surface area contributed by atoms with Crippen LogP contribution in [0.5, 0.6) is 11.5 Å². The topological polar surface area (TPSA) is 107 Å². The number of benzene rings is 5. The molecule has 0 heterocycles. The fraction of sp³-hybridized carbons (Fsp3) is 0.250. The van der Waals surface area contributed by atoms with Gasteiger partial charge in [0.25, 0.3) is 0 Å². The average Bonchev–Trinajstić information content (AvgIpc) is 3.06. The highest BCUT2D eigenvalue weighted by molar-refractivity contribution is 7.85. The molecule has 0 saturated heterocycles. The second-order valence-corrected chi connectivity index (χ2v) is 12.2. The van der Waals surface area contributed by atoms with Gasteiger partial charge in [0.1, 0.15) is 21.6 Å². The summed E-state index contributed by atoms with van der Waals surface area (Å²) in [6.07, 6.45) is 2.12. The Balaban J connectivity index is 0.000000246. The molecule has 0 aromatic heterocycles. The summed E-state index contributed by atoms with van der Waals surface area (Å²) in [7, 11) is -4.33. The number of aryl methyl sites for hydroxylation is 6. The third kappa shape index (κ3) is 12.7. The van der Waals surface area contributed by atoms with Crippen LogP contribution in [0.4, 0.5) is 17.1 Å². The third-order valence-electron chi connectivity index (χ3n) is 7.12. The van der Waals surface area contributed by atoms with E-state index in [-0.39, 0.29) is 4.90 Å². The van der Waals surface area contributed by atoms with Gasteiger partial charge in [0, 0.05) is 23.0 Å². The summed E-state index contributed by atoms with van der Waals surface area (Å²) >= 11 is 0. The Morgan fingerprint density at radius 1 is 0.667 bits per heavy atom. The van der Waals surface area contributed by atoms with Crippen molar-refractivity contribution in [3.8, 4) is 11.5 Å². The molecule has 0 fully saturated rings. The highest BCUT2D eigenvalue weighted by Crippen LogP contribution is 2.25. The SMILES string of the molecule is CC.CCc1ccc(Oc2ccc(CC)cc2)cc1.Cc1cc(C)c(S(=O)(=O)[O-])c(C)c1.Cc1cc(Nc2ccccc2)ccc1[N+]#N. The molecule has 0 unspecified atom stereocenters. The molecule has 0 aliphatic heterocycles. The average molecular weight is 666 g/mol. The van der Waals surface area contributed by atoms with Gasteiger partial charge in [-0.25, -0.2) is 8.42 Å². The Bertz CT molecular complexity index is 1800. The minimum Gasteiger partial charge on any atom is -0.744 e. The maximum atomic E-state index is 10.8. The number of anilines is 2. The molecule has 7 nitrogen and oxygen atoms in total. The van der Waals surface area contributed by atoms with E-state index in [0.29, 0.717) is 16.8 Å². The molecule has 1 N–H and O–H groups in total. The number of rotatable bonds is 7. The van der Waals surface area contributed by atoms with Crippen molar-refractivity contribution in [2.75, 3.05) is 5.32 Å². The molecule has 0 radical (unpaired) electrons. The predicted molar refractivity (Wildman–Crippen MR) is 197 cm³/mol. The largest absolute Gasteiger partial charge is 0.744 e. The maximum absolute atomic E-state index is 10.8. The molecule has 8 heteroatoms. The first-order chi connectivity index (χ1) is 22.9. The molecule has 252 valence electrons. The van der Waals surface area contributed by atoms with Gasteiger partial charge in [-0.15, -0.1) is 0 Å². The van der Waals surface area contributed by atoms with Gasteiger partial charge in [-0.1, -0.05) is 87.9 Å². The van der Waals surface area contributed by atoms with Crippen molar-refractivity contribution in [1.29, 1.82) is 5.39 Å². The lowest BCUT2D eigenvalue weighted by molar-refractivity contribution is 0.462. The number of para-hydroxylation sites is 1. The summed E-state index contributed by atoms with van der Waals surface area (Å²) in [5.41, 5.74) is 8.22. The Morgan fingerprint density at radius 2 is 1.15 bits per heavy atom. The Labute approximate surface area is 287 Å². The van der Waals surface area contributed by atoms with Gasteiger partial charge < -0.3 is 14.6 Å². The number of ether oxygens (including phenoxy) is 1. The van der Waals surface area contributed by atoms with Crippen LogP contribution in [0.3, 0.4) is 0 Å². The van der Waals surface area contributed by atoms with E-state index in [4.69, 9.17) is 10.1 Å². The van der Waals surface area contributed by atoms with E-state index in [0.717, 1.165) is 46.8 Å². The number of hydrogen-bond acceptors (Lipinski definition) is 6. The van der Waals surface area contributed by atoms with Crippen LogP contribution in [0.25, 0.3) is 4.98 Å². The van der Waals surface area contributed by atoms with Crippen molar-refractivity contribution in [3.05, 3.63) is 148 Å². The van der Waals surface area contributed by atoms with Crippen LogP contribution in [-0.4, -0.2) is 13.0 Å². The van der Waals surface area contributed by atoms with Crippen LogP contribution in [0, 0.1) is 33.1 Å². The molecule has 48 heavy (non-hydrogen) atoms. The number of nitrogens with one attached hydrogen (secondary N) is 1. The van der Waals surface area contributed by atoms with Gasteiger partial charge in [0.2, 0.25) is 5.39 Å². The van der Waals surface area contributed by atoms with Crippen molar-refractivity contribution >= 4 is 27.2 Å². The van der Waals surface area contributed by atoms with E-state index < -0.39 is 10.1 Å². The highest BCUT2D eigenvalue weighted by atomic mass is 32.2. The molecular formula is C40H47N3O4S. The van der Waals surface area contributed by atoms with E-state index in [2.05, 4.69) is 48.4 Å². The van der Waals surface area contributed by atoms with Crippen molar-refractivity contribution in [2.24, 2.45) is 0 Å². The molecule has 0 bridgehead atoms. The van der Waals surface area contributed by atoms with Gasteiger partial charge in [-0.3, -0.25) is 0 Å². The lowest BCUT2D eigenvalue weighted by Crippen LogP contribution is -2.04. The molecule has 0 saturated carbocycles. The molecule has 0 amide bonds. The lowest BCUT2D eigenvalue weighted by Gasteiger charge is -2.14. The Morgan fingerprint density at radius 3 is 1.54 bits per heavy atom. The molecule has 0 atom stereocenters. The standard InChI is InChI=1S/C16H18O.C13H12N3.C9H12O3S.C2H6/c1-3-13-5-9-15(10-6-13)17-16-11-7-14(4-2)8-12-16;1-10-9-12(7-8-13(10)16-14)15-11-5-3-2-4-6-11;1-6-4-7(2)9(8(3)5-6)13(10,11)12;1-2/h5-12H,3-4H2,1-2H3;2-9,15H,1H3;4-5H,1-3H3,(H,10,11,12);1-2H3/q;+1;;/p-1. The zero-order valence-corrected chi connectivity index (χ0v) is 30.1. The zero-order chi connectivity index (χ0) is 35.7. The fourth-order valence-electron chi connectivity index (χ4n) is 4.82. The molecule has 0 aliphatic rings. The molecule has 0 spiro atoms. The predicted octanol–water partition coefficient (Wildman–Crippen LogP) is 11.4. The molecule has 5 aromatic carbocycles. The van der Waals surface area contributed by atoms with E-state index in [9.17, 15) is 13.0 Å². The number of nitrogens with zero attached hydrogens (tertiary/aromatic N) is 2.